The topological polar surface area (TPSA) is 75.6 Å². The van der Waals surface area contributed by atoms with Crippen molar-refractivity contribution in [3.05, 3.63) is 12.2 Å². The summed E-state index contributed by atoms with van der Waals surface area (Å²) < 4.78 is 5.36. The van der Waals surface area contributed by atoms with E-state index in [4.69, 9.17) is 9.84 Å². The van der Waals surface area contributed by atoms with Gasteiger partial charge in [-0.05, 0) is 33.1 Å². The number of ether oxygens (including phenoxy) is 1. The molecule has 1 rings (SSSR count). The van der Waals surface area contributed by atoms with Crippen LogP contribution in [0.1, 0.15) is 33.1 Å². The van der Waals surface area contributed by atoms with E-state index in [0.29, 0.717) is 13.0 Å². The van der Waals surface area contributed by atoms with Gasteiger partial charge in [0, 0.05) is 6.61 Å². The van der Waals surface area contributed by atoms with Crippen molar-refractivity contribution in [3.8, 4) is 0 Å². The Kier molecular flexibility index (Phi) is 4.69. The van der Waals surface area contributed by atoms with Crippen LogP contribution in [-0.4, -0.2) is 35.2 Å². The summed E-state index contributed by atoms with van der Waals surface area (Å²) in [4.78, 5) is 22.9. The van der Waals surface area contributed by atoms with Gasteiger partial charge in [0.1, 0.15) is 11.6 Å². The number of hydrogen-bond donors (Lipinski definition) is 2. The zero-order valence-corrected chi connectivity index (χ0v) is 10.2. The smallest absolute Gasteiger partial charge is 0.326 e. The van der Waals surface area contributed by atoms with E-state index < -0.39 is 17.6 Å². The lowest BCUT2D eigenvalue weighted by Crippen LogP contribution is -2.50. The van der Waals surface area contributed by atoms with Gasteiger partial charge in [0.2, 0.25) is 0 Å². The number of rotatable bonds is 5. The Morgan fingerprint density at radius 3 is 2.76 bits per heavy atom. The van der Waals surface area contributed by atoms with E-state index >= 15 is 0 Å². The summed E-state index contributed by atoms with van der Waals surface area (Å²) in [6.07, 6.45) is 5.23. The second-order valence-corrected chi connectivity index (χ2v) is 4.35. The highest BCUT2D eigenvalue weighted by Crippen LogP contribution is 2.25. The fraction of sp³-hybridized carbons (Fsp3) is 0.667. The number of allylic oxidation sites excluding steroid dienone is 1. The van der Waals surface area contributed by atoms with Crippen LogP contribution in [0.5, 0.6) is 0 Å². The van der Waals surface area contributed by atoms with Gasteiger partial charge < -0.3 is 15.2 Å². The maximum absolute atomic E-state index is 11.9. The Balaban J connectivity index is 2.60. The van der Waals surface area contributed by atoms with Gasteiger partial charge in [0.15, 0.2) is 0 Å². The van der Waals surface area contributed by atoms with Crippen molar-refractivity contribution in [1.82, 2.24) is 5.32 Å². The van der Waals surface area contributed by atoms with Crippen LogP contribution in [0.4, 0.5) is 0 Å². The minimum atomic E-state index is -1.03. The zero-order chi connectivity index (χ0) is 12.9. The van der Waals surface area contributed by atoms with Crippen molar-refractivity contribution < 1.29 is 19.4 Å². The first-order valence-electron chi connectivity index (χ1n) is 5.78. The quantitative estimate of drug-likeness (QED) is 0.706. The lowest BCUT2D eigenvalue weighted by Gasteiger charge is -2.24. The van der Waals surface area contributed by atoms with Crippen molar-refractivity contribution in [2.75, 3.05) is 6.61 Å². The molecule has 1 aliphatic heterocycles. The Labute approximate surface area is 101 Å². The molecule has 96 valence electrons. The largest absolute Gasteiger partial charge is 0.480 e. The van der Waals surface area contributed by atoms with Gasteiger partial charge in [-0.15, -0.1) is 0 Å². The molecule has 1 fully saturated rings. The third-order valence-electron chi connectivity index (χ3n) is 2.91. The third-order valence-corrected chi connectivity index (χ3v) is 2.91. The Hall–Kier alpha value is -1.36. The molecule has 0 bridgehead atoms. The molecule has 1 aliphatic rings. The molecule has 1 heterocycles. The monoisotopic (exact) mass is 241 g/mol. The highest BCUT2D eigenvalue weighted by molar-refractivity contribution is 5.89. The molecule has 2 atom stereocenters. The Morgan fingerprint density at radius 2 is 2.29 bits per heavy atom. The first kappa shape index (κ1) is 13.7. The Bertz CT molecular complexity index is 318. The lowest BCUT2D eigenvalue weighted by molar-refractivity contribution is -0.147. The molecule has 0 aliphatic carbocycles. The van der Waals surface area contributed by atoms with Crippen LogP contribution in [0, 0.1) is 0 Å². The summed E-state index contributed by atoms with van der Waals surface area (Å²) in [5.74, 6) is -1.37. The molecule has 2 unspecified atom stereocenters. The van der Waals surface area contributed by atoms with E-state index in [-0.39, 0.29) is 12.3 Å². The summed E-state index contributed by atoms with van der Waals surface area (Å²) in [5.41, 5.74) is -0.871. The van der Waals surface area contributed by atoms with Crippen LogP contribution in [-0.2, 0) is 14.3 Å². The molecule has 5 nitrogen and oxygen atoms in total. The van der Waals surface area contributed by atoms with Gasteiger partial charge in [-0.2, -0.15) is 0 Å². The normalized spacial score (nSPS) is 26.0. The first-order valence-corrected chi connectivity index (χ1v) is 5.78. The molecule has 0 aromatic heterocycles. The predicted molar refractivity (Wildman–Crippen MR) is 62.6 cm³/mol. The summed E-state index contributed by atoms with van der Waals surface area (Å²) >= 11 is 0. The minimum Gasteiger partial charge on any atom is -0.480 e. The molecule has 5 heteroatoms. The summed E-state index contributed by atoms with van der Waals surface area (Å²) in [7, 11) is 0. The lowest BCUT2D eigenvalue weighted by atomic mass is 10.0. The average molecular weight is 241 g/mol. The number of hydrogen-bond acceptors (Lipinski definition) is 3. The molecule has 2 N–H and O–H groups in total. The van der Waals surface area contributed by atoms with Crippen LogP contribution < -0.4 is 5.32 Å². The molecule has 17 heavy (non-hydrogen) atoms. The van der Waals surface area contributed by atoms with Gasteiger partial charge in [-0.3, -0.25) is 4.79 Å². The number of carbonyl (C=O) groups is 2. The van der Waals surface area contributed by atoms with Crippen molar-refractivity contribution in [1.29, 1.82) is 0 Å². The highest BCUT2D eigenvalue weighted by Gasteiger charge is 2.39. The van der Waals surface area contributed by atoms with Crippen molar-refractivity contribution in [2.24, 2.45) is 0 Å². The standard InChI is InChI=1S/C12H19NO4/c1-3-4-6-9(10(14)15)13-11(16)12(2)7-5-8-17-12/h3-4,9H,5-8H2,1-2H3,(H,13,16)(H,14,15)/b4-3+. The third kappa shape index (κ3) is 3.56. The highest BCUT2D eigenvalue weighted by atomic mass is 16.5. The van der Waals surface area contributed by atoms with Gasteiger partial charge in [0.25, 0.3) is 5.91 Å². The van der Waals surface area contributed by atoms with Crippen LogP contribution >= 0.6 is 0 Å². The molecule has 1 amide bonds. The van der Waals surface area contributed by atoms with Crippen LogP contribution in [0.15, 0.2) is 12.2 Å². The number of amides is 1. The molecular formula is C12H19NO4. The number of carboxylic acid groups (broad SMARTS) is 1. The van der Waals surface area contributed by atoms with Gasteiger partial charge in [-0.1, -0.05) is 12.2 Å². The molecule has 0 aromatic carbocycles. The van der Waals surface area contributed by atoms with E-state index in [0.717, 1.165) is 6.42 Å². The fourth-order valence-corrected chi connectivity index (χ4v) is 1.76. The number of nitrogens with one attached hydrogen (secondary N) is 1. The molecule has 0 saturated carbocycles. The van der Waals surface area contributed by atoms with E-state index in [1.54, 1.807) is 19.1 Å². The van der Waals surface area contributed by atoms with Crippen molar-refractivity contribution >= 4 is 11.9 Å². The van der Waals surface area contributed by atoms with E-state index in [1.165, 1.54) is 0 Å². The maximum atomic E-state index is 11.9. The molecule has 0 spiro atoms. The second kappa shape index (κ2) is 5.82. The average Bonchev–Trinajstić information content (AvgIpc) is 2.72. The number of carboxylic acids is 1. The summed E-state index contributed by atoms with van der Waals surface area (Å²) in [6.45, 7) is 4.06. The molecule has 1 saturated heterocycles. The Morgan fingerprint density at radius 1 is 1.59 bits per heavy atom. The first-order chi connectivity index (χ1) is 7.99. The van der Waals surface area contributed by atoms with Crippen LogP contribution in [0.25, 0.3) is 0 Å². The fourth-order valence-electron chi connectivity index (χ4n) is 1.76. The number of aliphatic carboxylic acids is 1. The molecular weight excluding hydrogens is 222 g/mol. The SMILES string of the molecule is C/C=C/CC(NC(=O)C1(C)CCCO1)C(=O)O. The van der Waals surface area contributed by atoms with Crippen LogP contribution in [0.2, 0.25) is 0 Å². The van der Waals surface area contributed by atoms with Crippen molar-refractivity contribution in [3.63, 3.8) is 0 Å². The van der Waals surface area contributed by atoms with Gasteiger partial charge in [0.05, 0.1) is 0 Å². The minimum absolute atomic E-state index is 0.285. The number of carbonyl (C=O) groups excluding carboxylic acids is 1. The van der Waals surface area contributed by atoms with Gasteiger partial charge >= 0.3 is 5.97 Å². The zero-order valence-electron chi connectivity index (χ0n) is 10.2. The molecule has 0 aromatic rings. The predicted octanol–water partition coefficient (Wildman–Crippen LogP) is 1.09. The van der Waals surface area contributed by atoms with E-state index in [1.807, 2.05) is 6.92 Å². The van der Waals surface area contributed by atoms with Crippen LogP contribution in [0.3, 0.4) is 0 Å². The maximum Gasteiger partial charge on any atom is 0.326 e. The molecule has 0 radical (unpaired) electrons. The summed E-state index contributed by atoms with van der Waals surface area (Å²) in [6, 6.07) is -0.889. The van der Waals surface area contributed by atoms with E-state index in [2.05, 4.69) is 5.32 Å². The summed E-state index contributed by atoms with van der Waals surface area (Å²) in [5, 5.41) is 11.5. The van der Waals surface area contributed by atoms with Crippen molar-refractivity contribution in [2.45, 2.75) is 44.8 Å². The van der Waals surface area contributed by atoms with E-state index in [9.17, 15) is 9.59 Å². The second-order valence-electron chi connectivity index (χ2n) is 4.35. The van der Waals surface area contributed by atoms with Gasteiger partial charge in [-0.25, -0.2) is 4.79 Å².